The third-order valence-corrected chi connectivity index (χ3v) is 6.46. The average molecular weight is 506 g/mol. The fraction of sp³-hybridized carbons (Fsp3) is 0.414. The Labute approximate surface area is 220 Å². The van der Waals surface area contributed by atoms with Crippen molar-refractivity contribution in [1.29, 1.82) is 0 Å². The Morgan fingerprint density at radius 2 is 1.86 bits per heavy atom. The van der Waals surface area contributed by atoms with Gasteiger partial charge in [-0.25, -0.2) is 0 Å². The molecule has 8 heteroatoms. The van der Waals surface area contributed by atoms with Crippen LogP contribution in [0.5, 0.6) is 0 Å². The number of hydrogen-bond acceptors (Lipinski definition) is 7. The molecule has 8 nitrogen and oxygen atoms in total. The van der Waals surface area contributed by atoms with Crippen LogP contribution in [0.25, 0.3) is 5.70 Å². The molecule has 1 aliphatic heterocycles. The van der Waals surface area contributed by atoms with Crippen LogP contribution in [-0.4, -0.2) is 75.3 Å². The Balaban J connectivity index is 2.03. The van der Waals surface area contributed by atoms with Gasteiger partial charge in [-0.1, -0.05) is 30.3 Å². The minimum atomic E-state index is -0.177. The molecule has 37 heavy (non-hydrogen) atoms. The molecule has 1 atom stereocenters. The molecular formula is C29H39N5O3. The molecule has 0 aliphatic carbocycles. The topological polar surface area (TPSA) is 86.3 Å². The molecule has 1 saturated heterocycles. The first-order chi connectivity index (χ1) is 17.9. The lowest BCUT2D eigenvalue weighted by Gasteiger charge is -2.34. The SMILES string of the molecule is C/C=N\N(/C(=C/C=O)c1cc(C(=O)NC(CN(C)C)c2ccccc2)c(C)cc1NC)C1CCOCC1. The Bertz CT molecular complexity index is 1110. The Hall–Kier alpha value is -3.49. The van der Waals surface area contributed by atoms with Crippen molar-refractivity contribution in [3.05, 3.63) is 70.8 Å². The van der Waals surface area contributed by atoms with Gasteiger partial charge in [0.05, 0.1) is 17.8 Å². The van der Waals surface area contributed by atoms with E-state index < -0.39 is 0 Å². The fourth-order valence-electron chi connectivity index (χ4n) is 4.65. The number of hydrogen-bond donors (Lipinski definition) is 2. The standard InChI is InChI=1S/C29H39N5O3/c1-6-31-34(23-13-16-37-17-14-23)28(12-15-35)25-19-24(21(2)18-26(25)30-3)29(36)32-27(20-33(4)5)22-10-8-7-9-11-22/h6-12,15,18-19,23,27,30H,13-14,16-17,20H2,1-5H3,(H,32,36)/b28-12+,31-6-. The van der Waals surface area contributed by atoms with E-state index in [-0.39, 0.29) is 18.0 Å². The molecule has 2 aromatic carbocycles. The first-order valence-electron chi connectivity index (χ1n) is 12.7. The molecule has 0 spiro atoms. The van der Waals surface area contributed by atoms with E-state index in [1.54, 1.807) is 6.21 Å². The lowest BCUT2D eigenvalue weighted by atomic mass is 9.97. The minimum Gasteiger partial charge on any atom is -0.388 e. The molecule has 1 fully saturated rings. The van der Waals surface area contributed by atoms with E-state index in [4.69, 9.17) is 4.74 Å². The summed E-state index contributed by atoms with van der Waals surface area (Å²) in [5.74, 6) is -0.167. The number of rotatable bonds is 11. The molecule has 2 aromatic rings. The highest BCUT2D eigenvalue weighted by atomic mass is 16.5. The first kappa shape index (κ1) is 28.1. The van der Waals surface area contributed by atoms with Crippen LogP contribution in [-0.2, 0) is 9.53 Å². The maximum absolute atomic E-state index is 13.7. The summed E-state index contributed by atoms with van der Waals surface area (Å²) in [7, 11) is 5.81. The fourth-order valence-corrected chi connectivity index (χ4v) is 4.65. The van der Waals surface area contributed by atoms with Gasteiger partial charge in [-0.3, -0.25) is 14.6 Å². The summed E-state index contributed by atoms with van der Waals surface area (Å²) < 4.78 is 5.55. The Morgan fingerprint density at radius 3 is 2.46 bits per heavy atom. The van der Waals surface area contributed by atoms with Crippen molar-refractivity contribution in [1.82, 2.24) is 15.2 Å². The van der Waals surface area contributed by atoms with Gasteiger partial charge in [0.15, 0.2) is 0 Å². The van der Waals surface area contributed by atoms with Crippen molar-refractivity contribution >= 4 is 29.8 Å². The number of benzene rings is 2. The number of likely N-dealkylation sites (N-methyl/N-ethyl adjacent to an activating group) is 1. The number of aldehydes is 1. The quantitative estimate of drug-likeness (QED) is 0.207. The van der Waals surface area contributed by atoms with Gasteiger partial charge < -0.3 is 20.3 Å². The summed E-state index contributed by atoms with van der Waals surface area (Å²) >= 11 is 0. The highest BCUT2D eigenvalue weighted by Gasteiger charge is 2.27. The summed E-state index contributed by atoms with van der Waals surface area (Å²) in [5, 5.41) is 13.0. The van der Waals surface area contributed by atoms with Crippen LogP contribution in [0.1, 0.15) is 52.9 Å². The number of carbonyl (C=O) groups is 2. The van der Waals surface area contributed by atoms with E-state index >= 15 is 0 Å². The van der Waals surface area contributed by atoms with E-state index in [1.165, 1.54) is 6.08 Å². The first-order valence-corrected chi connectivity index (χ1v) is 12.7. The smallest absolute Gasteiger partial charge is 0.252 e. The molecule has 1 unspecified atom stereocenters. The lowest BCUT2D eigenvalue weighted by Crippen LogP contribution is -2.36. The van der Waals surface area contributed by atoms with E-state index in [1.807, 2.05) is 82.5 Å². The molecule has 0 bridgehead atoms. The molecule has 1 amide bonds. The van der Waals surface area contributed by atoms with Gasteiger partial charge in [0.25, 0.3) is 5.91 Å². The highest BCUT2D eigenvalue weighted by molar-refractivity contribution is 5.98. The predicted molar refractivity (Wildman–Crippen MR) is 150 cm³/mol. The van der Waals surface area contributed by atoms with E-state index in [2.05, 4.69) is 20.6 Å². The third-order valence-electron chi connectivity index (χ3n) is 6.46. The van der Waals surface area contributed by atoms with Crippen LogP contribution >= 0.6 is 0 Å². The van der Waals surface area contributed by atoms with E-state index in [0.717, 1.165) is 41.5 Å². The van der Waals surface area contributed by atoms with Gasteiger partial charge in [-0.15, -0.1) is 0 Å². The normalized spacial score (nSPS) is 15.6. The van der Waals surface area contributed by atoms with Crippen molar-refractivity contribution in [3.63, 3.8) is 0 Å². The average Bonchev–Trinajstić information content (AvgIpc) is 2.91. The maximum Gasteiger partial charge on any atom is 0.252 e. The number of carbonyl (C=O) groups excluding carboxylic acids is 2. The number of aryl methyl sites for hydroxylation is 1. The van der Waals surface area contributed by atoms with E-state index in [9.17, 15) is 9.59 Å². The number of nitrogens with zero attached hydrogens (tertiary/aromatic N) is 3. The molecular weight excluding hydrogens is 466 g/mol. The zero-order valence-electron chi connectivity index (χ0n) is 22.5. The molecule has 2 N–H and O–H groups in total. The van der Waals surface area contributed by atoms with Crippen LogP contribution in [0, 0.1) is 6.92 Å². The van der Waals surface area contributed by atoms with Crippen molar-refractivity contribution in [3.8, 4) is 0 Å². The summed E-state index contributed by atoms with van der Waals surface area (Å²) in [6.07, 6.45) is 5.61. The van der Waals surface area contributed by atoms with Crippen molar-refractivity contribution in [2.24, 2.45) is 5.10 Å². The summed E-state index contributed by atoms with van der Waals surface area (Å²) in [4.78, 5) is 27.5. The summed E-state index contributed by atoms with van der Waals surface area (Å²) in [6, 6.07) is 13.7. The minimum absolute atomic E-state index is 0.0852. The number of allylic oxidation sites excluding steroid dienone is 1. The zero-order chi connectivity index (χ0) is 26.8. The van der Waals surface area contributed by atoms with Crippen LogP contribution in [0.4, 0.5) is 5.69 Å². The van der Waals surface area contributed by atoms with E-state index in [0.29, 0.717) is 31.0 Å². The van der Waals surface area contributed by atoms with Crippen LogP contribution in [0.2, 0.25) is 0 Å². The molecule has 1 aliphatic rings. The molecule has 3 rings (SSSR count). The van der Waals surface area contributed by atoms with Gasteiger partial charge in [0, 0.05) is 55.9 Å². The molecule has 0 saturated carbocycles. The number of ether oxygens (including phenoxy) is 1. The van der Waals surface area contributed by atoms with Crippen molar-refractivity contribution in [2.45, 2.75) is 38.8 Å². The predicted octanol–water partition coefficient (Wildman–Crippen LogP) is 4.10. The second-order valence-electron chi connectivity index (χ2n) is 9.41. The van der Waals surface area contributed by atoms with Gasteiger partial charge in [-0.2, -0.15) is 5.10 Å². The van der Waals surface area contributed by atoms with Gasteiger partial charge in [0.1, 0.15) is 6.29 Å². The number of hydrazone groups is 1. The summed E-state index contributed by atoms with van der Waals surface area (Å²) in [5.41, 5.74) is 4.64. The highest BCUT2D eigenvalue weighted by Crippen LogP contribution is 2.33. The Kier molecular flexibility index (Phi) is 10.4. The van der Waals surface area contributed by atoms with Crippen LogP contribution in [0.15, 0.2) is 53.6 Å². The molecule has 198 valence electrons. The zero-order valence-corrected chi connectivity index (χ0v) is 22.5. The third kappa shape index (κ3) is 7.27. The van der Waals surface area contributed by atoms with Gasteiger partial charge in [-0.05, 0) is 64.0 Å². The van der Waals surface area contributed by atoms with Crippen LogP contribution < -0.4 is 10.6 Å². The maximum atomic E-state index is 13.7. The van der Waals surface area contributed by atoms with Crippen molar-refractivity contribution in [2.75, 3.05) is 46.2 Å². The van der Waals surface area contributed by atoms with Crippen LogP contribution in [0.3, 0.4) is 0 Å². The second kappa shape index (κ2) is 13.7. The lowest BCUT2D eigenvalue weighted by molar-refractivity contribution is -0.104. The number of amides is 1. The molecule has 0 aromatic heterocycles. The number of anilines is 1. The largest absolute Gasteiger partial charge is 0.388 e. The summed E-state index contributed by atoms with van der Waals surface area (Å²) in [6.45, 7) is 5.72. The monoisotopic (exact) mass is 505 g/mol. The number of nitrogens with one attached hydrogen (secondary N) is 2. The van der Waals surface area contributed by atoms with Gasteiger partial charge in [0.2, 0.25) is 0 Å². The Morgan fingerprint density at radius 1 is 1.16 bits per heavy atom. The molecule has 1 heterocycles. The van der Waals surface area contributed by atoms with Crippen molar-refractivity contribution < 1.29 is 14.3 Å². The van der Waals surface area contributed by atoms with Gasteiger partial charge >= 0.3 is 0 Å². The molecule has 0 radical (unpaired) electrons. The second-order valence-corrected chi connectivity index (χ2v) is 9.41.